The van der Waals surface area contributed by atoms with Crippen molar-refractivity contribution in [3.05, 3.63) is 22.7 Å². The molecular formula is C5H8N4. The molecule has 0 rings (SSSR count). The van der Waals surface area contributed by atoms with E-state index in [1.54, 1.807) is 13.8 Å². The lowest BCUT2D eigenvalue weighted by molar-refractivity contribution is 1.29. The fraction of sp³-hybridized carbons (Fsp3) is 0.400. The van der Waals surface area contributed by atoms with Gasteiger partial charge in [-0.05, 0) is 24.5 Å². The molecule has 4 nitrogen and oxygen atoms in total. The van der Waals surface area contributed by atoms with E-state index in [-0.39, 0.29) is 0 Å². The third-order valence-electron chi connectivity index (χ3n) is 0.542. The molecule has 0 spiro atoms. The summed E-state index contributed by atoms with van der Waals surface area (Å²) in [6.45, 7) is 6.86. The van der Waals surface area contributed by atoms with Crippen LogP contribution >= 0.6 is 0 Å². The van der Waals surface area contributed by atoms with Crippen molar-refractivity contribution in [2.24, 2.45) is 10.1 Å². The van der Waals surface area contributed by atoms with E-state index in [1.807, 2.05) is 0 Å². The lowest BCUT2D eigenvalue weighted by Crippen LogP contribution is -1.81. The predicted molar refractivity (Wildman–Crippen MR) is 37.1 cm³/mol. The van der Waals surface area contributed by atoms with E-state index in [4.69, 9.17) is 5.53 Å². The highest BCUT2D eigenvalue weighted by molar-refractivity contribution is 5.81. The monoisotopic (exact) mass is 124 g/mol. The third kappa shape index (κ3) is 4.58. The zero-order valence-electron chi connectivity index (χ0n) is 5.50. The summed E-state index contributed by atoms with van der Waals surface area (Å²) in [6.07, 6.45) is 0. The van der Waals surface area contributed by atoms with Crippen LogP contribution in [0.1, 0.15) is 13.8 Å². The smallest absolute Gasteiger partial charge is 0.101 e. The molecule has 0 radical (unpaired) electrons. The molecular weight excluding hydrogens is 116 g/mol. The molecule has 0 atom stereocenters. The number of nitrogens with zero attached hydrogens (tertiary/aromatic N) is 4. The van der Waals surface area contributed by atoms with Crippen molar-refractivity contribution in [2.45, 2.75) is 13.8 Å². The van der Waals surface area contributed by atoms with E-state index < -0.39 is 0 Å². The molecule has 0 bridgehead atoms. The maximum Gasteiger partial charge on any atom is 0.101 e. The summed E-state index contributed by atoms with van der Waals surface area (Å²) >= 11 is 0. The molecule has 0 unspecified atom stereocenters. The van der Waals surface area contributed by atoms with E-state index in [0.29, 0.717) is 11.5 Å². The molecule has 0 aliphatic carbocycles. The summed E-state index contributed by atoms with van der Waals surface area (Å²) in [4.78, 5) is 6.31. The van der Waals surface area contributed by atoms with Crippen molar-refractivity contribution >= 4 is 5.84 Å². The minimum Gasteiger partial charge on any atom is -0.257 e. The van der Waals surface area contributed by atoms with E-state index in [1.165, 1.54) is 0 Å². The molecule has 0 fully saturated rings. The molecule has 0 N–H and O–H groups in total. The number of azide groups is 1. The molecule has 0 heterocycles. The Hall–Kier alpha value is -1.28. The summed E-state index contributed by atoms with van der Waals surface area (Å²) in [7, 11) is 0. The minimum atomic E-state index is 0.394. The first-order valence-corrected chi connectivity index (χ1v) is 2.42. The molecule has 0 aromatic heterocycles. The molecule has 4 heteroatoms. The molecule has 48 valence electrons. The highest BCUT2D eigenvalue weighted by atomic mass is 15.2. The van der Waals surface area contributed by atoms with Gasteiger partial charge in [0.2, 0.25) is 0 Å². The normalized spacial score (nSPS) is 10.2. The van der Waals surface area contributed by atoms with Crippen molar-refractivity contribution in [2.75, 3.05) is 0 Å². The van der Waals surface area contributed by atoms with Crippen molar-refractivity contribution < 1.29 is 0 Å². The van der Waals surface area contributed by atoms with Gasteiger partial charge in [-0.3, -0.25) is 4.99 Å². The van der Waals surface area contributed by atoms with Crippen LogP contribution in [0, 0.1) is 0 Å². The van der Waals surface area contributed by atoms with Crippen LogP contribution in [-0.2, 0) is 0 Å². The van der Waals surface area contributed by atoms with E-state index in [0.717, 1.165) is 0 Å². The molecule has 0 aromatic rings. The Labute approximate surface area is 53.5 Å². The van der Waals surface area contributed by atoms with Gasteiger partial charge in [0.25, 0.3) is 0 Å². The second kappa shape index (κ2) is 3.69. The Kier molecular flexibility index (Phi) is 3.16. The van der Waals surface area contributed by atoms with Crippen molar-refractivity contribution in [3.63, 3.8) is 0 Å². The van der Waals surface area contributed by atoms with Crippen LogP contribution in [0.25, 0.3) is 10.4 Å². The van der Waals surface area contributed by atoms with Gasteiger partial charge in [-0.15, -0.1) is 0 Å². The number of aliphatic imine (C=N–C) groups is 1. The SMILES string of the molecule is C=C(C)N=C(C)N=[N+]=[N-]. The first-order valence-electron chi connectivity index (χ1n) is 2.42. The first-order chi connectivity index (χ1) is 4.16. The Morgan fingerprint density at radius 2 is 2.11 bits per heavy atom. The fourth-order valence-electron chi connectivity index (χ4n) is 0.363. The summed E-state index contributed by atoms with van der Waals surface area (Å²) < 4.78 is 0. The second-order valence-corrected chi connectivity index (χ2v) is 1.58. The molecule has 9 heavy (non-hydrogen) atoms. The lowest BCUT2D eigenvalue weighted by atomic mass is 10.6. The minimum absolute atomic E-state index is 0.394. The van der Waals surface area contributed by atoms with Crippen LogP contribution in [0.3, 0.4) is 0 Å². The maximum absolute atomic E-state index is 7.90. The van der Waals surface area contributed by atoms with Gasteiger partial charge in [0.15, 0.2) is 0 Å². The number of hydrogen-bond acceptors (Lipinski definition) is 1. The average molecular weight is 124 g/mol. The average Bonchev–Trinajstić information content (AvgIpc) is 1.63. The van der Waals surface area contributed by atoms with Crippen molar-refractivity contribution in [3.8, 4) is 0 Å². The molecule has 0 aliphatic rings. The predicted octanol–water partition coefficient (Wildman–Crippen LogP) is 2.25. The fourth-order valence-corrected chi connectivity index (χ4v) is 0.363. The topological polar surface area (TPSA) is 61.1 Å². The van der Waals surface area contributed by atoms with Gasteiger partial charge in [0.1, 0.15) is 5.84 Å². The van der Waals surface area contributed by atoms with Gasteiger partial charge in [-0.2, -0.15) is 0 Å². The van der Waals surface area contributed by atoms with Gasteiger partial charge < -0.3 is 0 Å². The Bertz CT molecular complexity index is 185. The Morgan fingerprint density at radius 1 is 1.56 bits per heavy atom. The zero-order chi connectivity index (χ0) is 7.28. The lowest BCUT2D eigenvalue weighted by Gasteiger charge is -1.86. The van der Waals surface area contributed by atoms with Gasteiger partial charge >= 0.3 is 0 Å². The highest BCUT2D eigenvalue weighted by Gasteiger charge is 1.81. The molecule has 0 aromatic carbocycles. The van der Waals surface area contributed by atoms with Crippen molar-refractivity contribution in [1.29, 1.82) is 0 Å². The molecule has 0 amide bonds. The van der Waals surface area contributed by atoms with Crippen LogP contribution in [0.4, 0.5) is 0 Å². The van der Waals surface area contributed by atoms with Crippen LogP contribution in [0.2, 0.25) is 0 Å². The maximum atomic E-state index is 7.90. The summed E-state index contributed by atoms with van der Waals surface area (Å²) in [6, 6.07) is 0. The van der Waals surface area contributed by atoms with E-state index in [9.17, 15) is 0 Å². The molecule has 0 saturated carbocycles. The largest absolute Gasteiger partial charge is 0.257 e. The van der Waals surface area contributed by atoms with Crippen LogP contribution in [0.5, 0.6) is 0 Å². The van der Waals surface area contributed by atoms with Crippen LogP contribution in [-0.4, -0.2) is 5.84 Å². The standard InChI is InChI=1S/C5H8N4/c1-4(2)7-5(3)8-9-6/h1H2,2-3H3. The number of amidine groups is 1. The summed E-state index contributed by atoms with van der Waals surface area (Å²) in [5.74, 6) is 0.394. The quantitative estimate of drug-likeness (QED) is 0.169. The van der Waals surface area contributed by atoms with Crippen LogP contribution in [0.15, 0.2) is 22.4 Å². The van der Waals surface area contributed by atoms with Gasteiger partial charge in [-0.1, -0.05) is 6.58 Å². The number of hydrogen-bond donors (Lipinski definition) is 0. The van der Waals surface area contributed by atoms with Crippen LogP contribution < -0.4 is 0 Å². The van der Waals surface area contributed by atoms with E-state index in [2.05, 4.69) is 21.6 Å². The van der Waals surface area contributed by atoms with E-state index >= 15 is 0 Å². The Balaban J connectivity index is 4.16. The Morgan fingerprint density at radius 3 is 2.44 bits per heavy atom. The number of rotatable bonds is 1. The molecule has 0 saturated heterocycles. The van der Waals surface area contributed by atoms with Gasteiger partial charge in [-0.25, -0.2) is 0 Å². The first kappa shape index (κ1) is 7.72. The third-order valence-corrected chi connectivity index (χ3v) is 0.542. The second-order valence-electron chi connectivity index (χ2n) is 1.58. The number of allylic oxidation sites excluding steroid dienone is 1. The summed E-state index contributed by atoms with van der Waals surface area (Å²) in [5.41, 5.74) is 8.54. The zero-order valence-corrected chi connectivity index (χ0v) is 5.50. The van der Waals surface area contributed by atoms with Gasteiger partial charge in [0.05, 0.1) is 0 Å². The van der Waals surface area contributed by atoms with Gasteiger partial charge in [0, 0.05) is 10.6 Å². The molecule has 0 aliphatic heterocycles. The highest BCUT2D eigenvalue weighted by Crippen LogP contribution is 1.90. The van der Waals surface area contributed by atoms with Crippen molar-refractivity contribution in [1.82, 2.24) is 0 Å². The summed E-state index contributed by atoms with van der Waals surface area (Å²) in [5, 5.41) is 3.23.